The van der Waals surface area contributed by atoms with Gasteiger partial charge in [-0.05, 0) is 37.5 Å². The van der Waals surface area contributed by atoms with E-state index in [2.05, 4.69) is 4.72 Å². The van der Waals surface area contributed by atoms with Crippen LogP contribution in [0.5, 0.6) is 5.75 Å². The van der Waals surface area contributed by atoms with Gasteiger partial charge in [0.15, 0.2) is 0 Å². The highest BCUT2D eigenvalue weighted by molar-refractivity contribution is 7.92. The molecule has 0 fully saturated rings. The van der Waals surface area contributed by atoms with Crippen LogP contribution < -0.4 is 9.46 Å². The van der Waals surface area contributed by atoms with E-state index < -0.39 is 10.0 Å². The molecule has 0 aliphatic heterocycles. The lowest BCUT2D eigenvalue weighted by molar-refractivity contribution is 0.416. The first-order valence-electron chi connectivity index (χ1n) is 5.55. The Morgan fingerprint density at radius 3 is 2.47 bits per heavy atom. The van der Waals surface area contributed by atoms with Crippen molar-refractivity contribution in [3.63, 3.8) is 0 Å². The minimum atomic E-state index is -3.28. The van der Waals surface area contributed by atoms with Gasteiger partial charge in [0.25, 0.3) is 0 Å². The van der Waals surface area contributed by atoms with E-state index in [1.165, 1.54) is 7.11 Å². The number of hydrogen-bond donors (Lipinski definition) is 1. The average molecular weight is 257 g/mol. The summed E-state index contributed by atoms with van der Waals surface area (Å²) in [6.45, 7) is 5.64. The summed E-state index contributed by atoms with van der Waals surface area (Å²) in [7, 11) is -1.75. The Morgan fingerprint density at radius 1 is 1.29 bits per heavy atom. The van der Waals surface area contributed by atoms with Crippen LogP contribution in [-0.2, 0) is 10.0 Å². The van der Waals surface area contributed by atoms with Crippen LogP contribution in [0, 0.1) is 13.8 Å². The summed E-state index contributed by atoms with van der Waals surface area (Å²) in [4.78, 5) is 0. The summed E-state index contributed by atoms with van der Waals surface area (Å²) >= 11 is 0. The van der Waals surface area contributed by atoms with Crippen LogP contribution in [0.15, 0.2) is 12.1 Å². The van der Waals surface area contributed by atoms with Gasteiger partial charge in [-0.3, -0.25) is 4.72 Å². The summed E-state index contributed by atoms with van der Waals surface area (Å²) in [6, 6.07) is 3.74. The van der Waals surface area contributed by atoms with E-state index in [1.54, 1.807) is 0 Å². The zero-order valence-corrected chi connectivity index (χ0v) is 11.5. The number of nitrogens with one attached hydrogen (secondary N) is 1. The quantitative estimate of drug-likeness (QED) is 0.881. The molecule has 1 N–H and O–H groups in total. The van der Waals surface area contributed by atoms with Crippen LogP contribution in [0.4, 0.5) is 5.69 Å². The molecule has 1 aromatic rings. The van der Waals surface area contributed by atoms with E-state index in [9.17, 15) is 8.42 Å². The summed E-state index contributed by atoms with van der Waals surface area (Å²) in [5.41, 5.74) is 2.44. The molecule has 0 spiro atoms. The minimum absolute atomic E-state index is 0.115. The molecule has 0 atom stereocenters. The number of ether oxygens (including phenoxy) is 1. The molecule has 0 heterocycles. The van der Waals surface area contributed by atoms with Crippen molar-refractivity contribution in [3.8, 4) is 5.75 Å². The third-order valence-corrected chi connectivity index (χ3v) is 3.85. The number of aryl methyl sites for hydroxylation is 2. The lowest BCUT2D eigenvalue weighted by Crippen LogP contribution is -2.17. The summed E-state index contributed by atoms with van der Waals surface area (Å²) in [6.07, 6.45) is 0.586. The molecule has 1 rings (SSSR count). The fourth-order valence-electron chi connectivity index (χ4n) is 1.70. The number of sulfonamides is 1. The van der Waals surface area contributed by atoms with Gasteiger partial charge >= 0.3 is 0 Å². The molecule has 5 heteroatoms. The van der Waals surface area contributed by atoms with Crippen LogP contribution in [0.1, 0.15) is 24.5 Å². The molecule has 17 heavy (non-hydrogen) atoms. The molecule has 0 bridgehead atoms. The number of benzene rings is 1. The normalized spacial score (nSPS) is 11.3. The van der Waals surface area contributed by atoms with Crippen molar-refractivity contribution in [2.45, 2.75) is 27.2 Å². The minimum Gasteiger partial charge on any atom is -0.495 e. The van der Waals surface area contributed by atoms with Crippen LogP contribution in [0.3, 0.4) is 0 Å². The smallest absolute Gasteiger partial charge is 0.232 e. The first-order chi connectivity index (χ1) is 7.89. The topological polar surface area (TPSA) is 55.4 Å². The molecule has 0 unspecified atom stereocenters. The number of rotatable bonds is 5. The highest BCUT2D eigenvalue weighted by atomic mass is 32.2. The van der Waals surface area contributed by atoms with E-state index in [0.29, 0.717) is 17.9 Å². The average Bonchev–Trinajstić information content (AvgIpc) is 2.21. The SMILES string of the molecule is CCCS(=O)(=O)Nc1c(C)cc(C)cc1OC. The Hall–Kier alpha value is -1.23. The molecule has 0 aliphatic rings. The molecular weight excluding hydrogens is 238 g/mol. The Bertz CT molecular complexity index is 495. The maximum atomic E-state index is 11.7. The van der Waals surface area contributed by atoms with Crippen LogP contribution in [0.2, 0.25) is 0 Å². The van der Waals surface area contributed by atoms with E-state index >= 15 is 0 Å². The lowest BCUT2D eigenvalue weighted by Gasteiger charge is -2.14. The van der Waals surface area contributed by atoms with Crippen molar-refractivity contribution in [3.05, 3.63) is 23.3 Å². The summed E-state index contributed by atoms with van der Waals surface area (Å²) in [5, 5.41) is 0. The lowest BCUT2D eigenvalue weighted by atomic mass is 10.1. The molecule has 0 saturated heterocycles. The second-order valence-electron chi connectivity index (χ2n) is 4.08. The highest BCUT2D eigenvalue weighted by Crippen LogP contribution is 2.30. The molecule has 0 aromatic heterocycles. The zero-order chi connectivity index (χ0) is 13.1. The van der Waals surface area contributed by atoms with Crippen molar-refractivity contribution >= 4 is 15.7 Å². The second-order valence-corrected chi connectivity index (χ2v) is 5.92. The van der Waals surface area contributed by atoms with Crippen LogP contribution >= 0.6 is 0 Å². The Labute approximate surface area is 103 Å². The van der Waals surface area contributed by atoms with Gasteiger partial charge in [-0.25, -0.2) is 8.42 Å². The van der Waals surface area contributed by atoms with Crippen molar-refractivity contribution in [2.75, 3.05) is 17.6 Å². The predicted octanol–water partition coefficient (Wildman–Crippen LogP) is 2.46. The highest BCUT2D eigenvalue weighted by Gasteiger charge is 2.14. The van der Waals surface area contributed by atoms with Crippen molar-refractivity contribution in [2.24, 2.45) is 0 Å². The molecule has 0 radical (unpaired) electrons. The largest absolute Gasteiger partial charge is 0.495 e. The molecule has 0 saturated carbocycles. The van der Waals surface area contributed by atoms with Gasteiger partial charge in [0.2, 0.25) is 10.0 Å². The third-order valence-electron chi connectivity index (χ3n) is 2.39. The molecule has 0 amide bonds. The predicted molar refractivity (Wildman–Crippen MR) is 70.2 cm³/mol. The van der Waals surface area contributed by atoms with Crippen LogP contribution in [-0.4, -0.2) is 21.3 Å². The Balaban J connectivity index is 3.14. The maximum absolute atomic E-state index is 11.7. The third kappa shape index (κ3) is 3.63. The van der Waals surface area contributed by atoms with E-state index in [1.807, 2.05) is 32.9 Å². The standard InChI is InChI=1S/C12H19NO3S/c1-5-6-17(14,15)13-12-10(3)7-9(2)8-11(12)16-4/h7-8,13H,5-6H2,1-4H3. The van der Waals surface area contributed by atoms with Crippen LogP contribution in [0.25, 0.3) is 0 Å². The molecule has 96 valence electrons. The first-order valence-corrected chi connectivity index (χ1v) is 7.20. The fourth-order valence-corrected chi connectivity index (χ4v) is 2.91. The molecule has 0 aliphatic carbocycles. The monoisotopic (exact) mass is 257 g/mol. The van der Waals surface area contributed by atoms with Gasteiger partial charge in [0.05, 0.1) is 18.6 Å². The maximum Gasteiger partial charge on any atom is 0.232 e. The van der Waals surface area contributed by atoms with E-state index in [-0.39, 0.29) is 5.75 Å². The Kier molecular flexibility index (Phi) is 4.40. The van der Waals surface area contributed by atoms with Gasteiger partial charge in [0, 0.05) is 0 Å². The van der Waals surface area contributed by atoms with Gasteiger partial charge in [0.1, 0.15) is 5.75 Å². The van der Waals surface area contributed by atoms with Gasteiger partial charge in [-0.2, -0.15) is 0 Å². The first kappa shape index (κ1) is 13.8. The van der Waals surface area contributed by atoms with Gasteiger partial charge in [-0.15, -0.1) is 0 Å². The number of methoxy groups -OCH3 is 1. The molecule has 1 aromatic carbocycles. The van der Waals surface area contributed by atoms with Crippen molar-refractivity contribution in [1.82, 2.24) is 0 Å². The molecular formula is C12H19NO3S. The molecule has 4 nitrogen and oxygen atoms in total. The number of hydrogen-bond acceptors (Lipinski definition) is 3. The Morgan fingerprint density at radius 2 is 1.94 bits per heavy atom. The van der Waals surface area contributed by atoms with Crippen molar-refractivity contribution in [1.29, 1.82) is 0 Å². The zero-order valence-electron chi connectivity index (χ0n) is 10.7. The summed E-state index contributed by atoms with van der Waals surface area (Å²) in [5.74, 6) is 0.672. The van der Waals surface area contributed by atoms with E-state index in [0.717, 1.165) is 11.1 Å². The van der Waals surface area contributed by atoms with Gasteiger partial charge in [-0.1, -0.05) is 13.0 Å². The second kappa shape index (κ2) is 5.40. The number of anilines is 1. The van der Waals surface area contributed by atoms with Crippen molar-refractivity contribution < 1.29 is 13.2 Å². The fraction of sp³-hybridized carbons (Fsp3) is 0.500. The van der Waals surface area contributed by atoms with E-state index in [4.69, 9.17) is 4.74 Å². The summed E-state index contributed by atoms with van der Waals surface area (Å²) < 4.78 is 31.3. The van der Waals surface area contributed by atoms with Gasteiger partial charge < -0.3 is 4.74 Å².